The van der Waals surface area contributed by atoms with Gasteiger partial charge in [-0.1, -0.05) is 35.2 Å². The van der Waals surface area contributed by atoms with Crippen molar-refractivity contribution in [3.63, 3.8) is 0 Å². The van der Waals surface area contributed by atoms with Crippen LogP contribution >= 0.6 is 23.1 Å². The summed E-state index contributed by atoms with van der Waals surface area (Å²) in [6.07, 6.45) is 3.59. The second-order valence-electron chi connectivity index (χ2n) is 5.60. The van der Waals surface area contributed by atoms with Gasteiger partial charge in [0.15, 0.2) is 10.3 Å². The maximum Gasteiger partial charge on any atom is 0.236 e. The van der Waals surface area contributed by atoms with Gasteiger partial charge in [0.25, 0.3) is 0 Å². The fraction of sp³-hybridized carbons (Fsp3) is 0.105. The summed E-state index contributed by atoms with van der Waals surface area (Å²) in [6.45, 7) is 0. The molecule has 0 spiro atoms. The second-order valence-corrected chi connectivity index (χ2v) is 7.57. The topological polar surface area (TPSA) is 69.0 Å². The van der Waals surface area contributed by atoms with Gasteiger partial charge >= 0.3 is 0 Å². The van der Waals surface area contributed by atoms with Crippen molar-refractivity contribution >= 4 is 44.4 Å². The third-order valence-corrected chi connectivity index (χ3v) is 5.75. The van der Waals surface area contributed by atoms with E-state index in [-0.39, 0.29) is 11.7 Å². The SMILES string of the molecule is COc1ccc(-n2ccnc2SCC(=O)Nc2nc3ccccc3s2)cc1. The van der Waals surface area contributed by atoms with Crippen molar-refractivity contribution in [3.8, 4) is 11.4 Å². The summed E-state index contributed by atoms with van der Waals surface area (Å²) in [4.78, 5) is 21.1. The summed E-state index contributed by atoms with van der Waals surface area (Å²) >= 11 is 2.85. The zero-order chi connectivity index (χ0) is 18.6. The van der Waals surface area contributed by atoms with E-state index in [1.165, 1.54) is 23.1 Å². The third kappa shape index (κ3) is 3.96. The average molecular weight is 396 g/mol. The monoisotopic (exact) mass is 396 g/mol. The normalized spacial score (nSPS) is 10.9. The molecule has 0 fully saturated rings. The van der Waals surface area contributed by atoms with E-state index in [0.29, 0.717) is 5.13 Å². The summed E-state index contributed by atoms with van der Waals surface area (Å²) < 4.78 is 8.18. The minimum atomic E-state index is -0.108. The number of carbonyl (C=O) groups excluding carboxylic acids is 1. The van der Waals surface area contributed by atoms with E-state index in [0.717, 1.165) is 26.8 Å². The highest BCUT2D eigenvalue weighted by atomic mass is 32.2. The van der Waals surface area contributed by atoms with Gasteiger partial charge in [0.05, 0.1) is 23.1 Å². The summed E-state index contributed by atoms with van der Waals surface area (Å²) in [5.41, 5.74) is 1.85. The predicted octanol–water partition coefficient (Wildman–Crippen LogP) is 4.22. The van der Waals surface area contributed by atoms with Crippen LogP contribution in [0.3, 0.4) is 0 Å². The van der Waals surface area contributed by atoms with Crippen molar-refractivity contribution in [2.24, 2.45) is 0 Å². The van der Waals surface area contributed by atoms with Crippen molar-refractivity contribution in [2.45, 2.75) is 5.16 Å². The molecule has 0 aliphatic heterocycles. The highest BCUT2D eigenvalue weighted by Gasteiger charge is 2.11. The summed E-state index contributed by atoms with van der Waals surface area (Å²) in [5, 5.41) is 4.22. The number of aromatic nitrogens is 3. The lowest BCUT2D eigenvalue weighted by Gasteiger charge is -2.08. The van der Waals surface area contributed by atoms with Crippen LogP contribution in [-0.2, 0) is 4.79 Å². The summed E-state index contributed by atoms with van der Waals surface area (Å²) in [7, 11) is 1.64. The van der Waals surface area contributed by atoms with Crippen LogP contribution in [0.5, 0.6) is 5.75 Å². The van der Waals surface area contributed by atoms with E-state index < -0.39 is 0 Å². The van der Waals surface area contributed by atoms with Crippen LogP contribution in [0.25, 0.3) is 15.9 Å². The Labute approximate surface area is 164 Å². The van der Waals surface area contributed by atoms with Gasteiger partial charge in [-0.2, -0.15) is 0 Å². The Morgan fingerprint density at radius 2 is 2.04 bits per heavy atom. The minimum absolute atomic E-state index is 0.108. The standard InChI is InChI=1S/C19H16N4O2S2/c1-25-14-8-6-13(7-9-14)23-11-10-20-19(23)26-12-17(24)22-18-21-15-4-2-3-5-16(15)27-18/h2-11H,12H2,1H3,(H,21,22,24). The largest absolute Gasteiger partial charge is 0.497 e. The van der Waals surface area contributed by atoms with Gasteiger partial charge in [-0.25, -0.2) is 9.97 Å². The van der Waals surface area contributed by atoms with Crippen molar-refractivity contribution in [2.75, 3.05) is 18.2 Å². The van der Waals surface area contributed by atoms with Crippen LogP contribution in [0.15, 0.2) is 66.1 Å². The first-order valence-corrected chi connectivity index (χ1v) is 9.99. The fourth-order valence-electron chi connectivity index (χ4n) is 2.55. The lowest BCUT2D eigenvalue weighted by molar-refractivity contribution is -0.113. The minimum Gasteiger partial charge on any atom is -0.497 e. The summed E-state index contributed by atoms with van der Waals surface area (Å²) in [5.74, 6) is 0.940. The van der Waals surface area contributed by atoms with Gasteiger partial charge in [0.2, 0.25) is 5.91 Å². The van der Waals surface area contributed by atoms with Crippen molar-refractivity contribution < 1.29 is 9.53 Å². The number of imidazole rings is 1. The first kappa shape index (κ1) is 17.6. The number of thiazole rings is 1. The van der Waals surface area contributed by atoms with Crippen LogP contribution < -0.4 is 10.1 Å². The van der Waals surface area contributed by atoms with Gasteiger partial charge in [-0.3, -0.25) is 9.36 Å². The number of rotatable bonds is 6. The molecule has 0 saturated heterocycles. The zero-order valence-electron chi connectivity index (χ0n) is 14.5. The van der Waals surface area contributed by atoms with Gasteiger partial charge in [-0.05, 0) is 36.4 Å². The number of ether oxygens (including phenoxy) is 1. The Hall–Kier alpha value is -2.84. The van der Waals surface area contributed by atoms with Crippen molar-refractivity contribution in [1.82, 2.24) is 14.5 Å². The molecule has 2 aromatic heterocycles. The molecule has 0 aliphatic rings. The van der Waals surface area contributed by atoms with E-state index in [2.05, 4.69) is 15.3 Å². The van der Waals surface area contributed by atoms with E-state index in [1.54, 1.807) is 13.3 Å². The second kappa shape index (κ2) is 7.81. The number of hydrogen-bond donors (Lipinski definition) is 1. The first-order chi connectivity index (χ1) is 13.2. The Morgan fingerprint density at radius 3 is 2.81 bits per heavy atom. The lowest BCUT2D eigenvalue weighted by Crippen LogP contribution is -2.14. The Bertz CT molecular complexity index is 1040. The van der Waals surface area contributed by atoms with Crippen molar-refractivity contribution in [3.05, 3.63) is 60.9 Å². The molecule has 136 valence electrons. The Balaban J connectivity index is 1.41. The van der Waals surface area contributed by atoms with Gasteiger partial charge in [-0.15, -0.1) is 0 Å². The number of para-hydroxylation sites is 1. The Kier molecular flexibility index (Phi) is 5.08. The molecular weight excluding hydrogens is 380 g/mol. The maximum absolute atomic E-state index is 12.3. The molecule has 0 unspecified atom stereocenters. The smallest absolute Gasteiger partial charge is 0.236 e. The number of hydrogen-bond acceptors (Lipinski definition) is 6. The molecule has 6 nitrogen and oxygen atoms in total. The van der Waals surface area contributed by atoms with E-state index in [9.17, 15) is 4.79 Å². The van der Waals surface area contributed by atoms with Crippen LogP contribution in [0.1, 0.15) is 0 Å². The van der Waals surface area contributed by atoms with Crippen molar-refractivity contribution in [1.29, 1.82) is 0 Å². The first-order valence-electron chi connectivity index (χ1n) is 8.19. The fourth-order valence-corrected chi connectivity index (χ4v) is 4.20. The van der Waals surface area contributed by atoms with Crippen LogP contribution in [-0.4, -0.2) is 33.3 Å². The number of amides is 1. The molecule has 2 heterocycles. The number of fused-ring (bicyclic) bond motifs is 1. The summed E-state index contributed by atoms with van der Waals surface area (Å²) in [6, 6.07) is 15.5. The lowest BCUT2D eigenvalue weighted by atomic mass is 10.3. The molecule has 27 heavy (non-hydrogen) atoms. The molecule has 4 aromatic rings. The molecule has 2 aromatic carbocycles. The third-order valence-electron chi connectivity index (χ3n) is 3.83. The molecule has 0 bridgehead atoms. The number of anilines is 1. The van der Waals surface area contributed by atoms with E-state index in [1.807, 2.05) is 59.3 Å². The van der Waals surface area contributed by atoms with Crippen LogP contribution in [0.4, 0.5) is 5.13 Å². The quantitative estimate of drug-likeness (QED) is 0.494. The van der Waals surface area contributed by atoms with Gasteiger partial charge in [0.1, 0.15) is 5.75 Å². The Morgan fingerprint density at radius 1 is 1.22 bits per heavy atom. The number of thioether (sulfide) groups is 1. The zero-order valence-corrected chi connectivity index (χ0v) is 16.1. The van der Waals surface area contributed by atoms with E-state index in [4.69, 9.17) is 4.74 Å². The maximum atomic E-state index is 12.3. The molecule has 0 atom stereocenters. The number of benzene rings is 2. The molecule has 8 heteroatoms. The van der Waals surface area contributed by atoms with Crippen LogP contribution in [0, 0.1) is 0 Å². The van der Waals surface area contributed by atoms with Gasteiger partial charge in [0, 0.05) is 18.1 Å². The number of nitrogens with zero attached hydrogens (tertiary/aromatic N) is 3. The highest BCUT2D eigenvalue weighted by molar-refractivity contribution is 7.99. The molecular formula is C19H16N4O2S2. The number of methoxy groups -OCH3 is 1. The van der Waals surface area contributed by atoms with Crippen LogP contribution in [0.2, 0.25) is 0 Å². The number of nitrogens with one attached hydrogen (secondary N) is 1. The molecule has 0 aliphatic carbocycles. The molecule has 1 N–H and O–H groups in total. The number of carbonyl (C=O) groups is 1. The van der Waals surface area contributed by atoms with E-state index >= 15 is 0 Å². The molecule has 4 rings (SSSR count). The molecule has 0 radical (unpaired) electrons. The highest BCUT2D eigenvalue weighted by Crippen LogP contribution is 2.26. The van der Waals surface area contributed by atoms with Gasteiger partial charge < -0.3 is 10.1 Å². The molecule has 1 amide bonds. The average Bonchev–Trinajstić information content (AvgIpc) is 3.32. The molecule has 0 saturated carbocycles. The predicted molar refractivity (Wildman–Crippen MR) is 109 cm³/mol.